The van der Waals surface area contributed by atoms with Gasteiger partial charge in [0.05, 0.1) is 36.3 Å². The number of nitrogens with zero attached hydrogens (tertiary/aromatic N) is 3. The molecular weight excluding hydrogens is 433 g/mol. The van der Waals surface area contributed by atoms with Crippen LogP contribution in [0.5, 0.6) is 11.6 Å². The van der Waals surface area contributed by atoms with E-state index in [2.05, 4.69) is 11.5 Å². The third kappa shape index (κ3) is 6.53. The minimum atomic E-state index is -0.607. The Kier molecular flexibility index (Phi) is 8.11. The second-order valence-corrected chi connectivity index (χ2v) is 8.79. The first kappa shape index (κ1) is 24.1. The average molecular weight is 466 g/mol. The zero-order chi connectivity index (χ0) is 23.9. The third-order valence-corrected chi connectivity index (χ3v) is 5.78. The summed E-state index contributed by atoms with van der Waals surface area (Å²) in [6.45, 7) is 8.24. The lowest BCUT2D eigenvalue weighted by Gasteiger charge is -2.25. The first-order valence-electron chi connectivity index (χ1n) is 11.7. The predicted octanol–water partition coefficient (Wildman–Crippen LogP) is 4.89. The number of rotatable bonds is 13. The van der Waals surface area contributed by atoms with Crippen molar-refractivity contribution in [2.24, 2.45) is 5.92 Å². The second-order valence-electron chi connectivity index (χ2n) is 8.79. The van der Waals surface area contributed by atoms with Crippen LogP contribution in [0.25, 0.3) is 5.69 Å². The molecule has 1 atom stereocenters. The average Bonchev–Trinajstić information content (AvgIpc) is 3.60. The van der Waals surface area contributed by atoms with Crippen LogP contribution in [-0.4, -0.2) is 52.2 Å². The van der Waals surface area contributed by atoms with Gasteiger partial charge in [0.2, 0.25) is 5.88 Å². The summed E-state index contributed by atoms with van der Waals surface area (Å²) in [5, 5.41) is 15.3. The molecule has 1 aliphatic carbocycles. The summed E-state index contributed by atoms with van der Waals surface area (Å²) in [5.41, 5.74) is 2.66. The van der Waals surface area contributed by atoms with Crippen molar-refractivity contribution in [2.75, 3.05) is 26.3 Å². The van der Waals surface area contributed by atoms with Gasteiger partial charge >= 0.3 is 0 Å². The summed E-state index contributed by atoms with van der Waals surface area (Å²) in [4.78, 5) is 2.25. The Bertz CT molecular complexity index is 1060. The summed E-state index contributed by atoms with van der Waals surface area (Å²) in [6, 6.07) is 15.8. The molecule has 1 fully saturated rings. The molecule has 0 spiro atoms. The predicted molar refractivity (Wildman–Crippen MR) is 130 cm³/mol. The molecule has 2 aromatic carbocycles. The molecule has 7 heteroatoms. The van der Waals surface area contributed by atoms with E-state index in [4.69, 9.17) is 14.6 Å². The number of halogens is 1. The molecule has 180 valence electrons. The lowest BCUT2D eigenvalue weighted by molar-refractivity contribution is 0.0235. The largest absolute Gasteiger partial charge is 0.439 e. The van der Waals surface area contributed by atoms with Crippen molar-refractivity contribution in [1.82, 2.24) is 14.7 Å². The van der Waals surface area contributed by atoms with Gasteiger partial charge in [0.15, 0.2) is 0 Å². The molecule has 4 rings (SSSR count). The van der Waals surface area contributed by atoms with Crippen LogP contribution in [0.15, 0.2) is 67.3 Å². The molecule has 1 N–H and O–H groups in total. The molecule has 6 nitrogen and oxygen atoms in total. The highest BCUT2D eigenvalue weighted by molar-refractivity contribution is 5.43. The number of aliphatic hydroxyl groups excluding tert-OH is 1. The van der Waals surface area contributed by atoms with Crippen LogP contribution in [0.4, 0.5) is 4.39 Å². The van der Waals surface area contributed by atoms with Crippen LogP contribution in [0.3, 0.4) is 0 Å². The van der Waals surface area contributed by atoms with Gasteiger partial charge in [-0.05, 0) is 62.1 Å². The highest BCUT2D eigenvalue weighted by atomic mass is 19.1. The van der Waals surface area contributed by atoms with Crippen LogP contribution in [0, 0.1) is 18.7 Å². The summed E-state index contributed by atoms with van der Waals surface area (Å²) in [7, 11) is 0. The van der Waals surface area contributed by atoms with E-state index in [1.54, 1.807) is 22.9 Å². The molecule has 0 bridgehead atoms. The fourth-order valence-electron chi connectivity index (χ4n) is 3.91. The van der Waals surface area contributed by atoms with Gasteiger partial charge in [-0.3, -0.25) is 4.90 Å². The van der Waals surface area contributed by atoms with Crippen LogP contribution >= 0.6 is 0 Å². The van der Waals surface area contributed by atoms with Gasteiger partial charge in [-0.2, -0.15) is 5.10 Å². The molecule has 1 unspecified atom stereocenters. The summed E-state index contributed by atoms with van der Waals surface area (Å²) >= 11 is 0. The Hall–Kier alpha value is -3.00. The standard InChI is InChI=1S/C27H32FN3O3/c1-3-15-33-19-24(32)17-30(16-21-9-10-21)18-26-20(2)29-31(23-7-5-4-6-8-23)27(26)34-25-13-11-22(28)12-14-25/h3-8,11-14,21,24,32H,1,9-10,15-19H2,2H3. The van der Waals surface area contributed by atoms with Crippen LogP contribution in [0.1, 0.15) is 24.1 Å². The van der Waals surface area contributed by atoms with Crippen LogP contribution < -0.4 is 4.74 Å². The van der Waals surface area contributed by atoms with E-state index < -0.39 is 6.10 Å². The van der Waals surface area contributed by atoms with Gasteiger partial charge in [-0.1, -0.05) is 24.3 Å². The molecular formula is C27H32FN3O3. The normalized spacial score (nSPS) is 14.4. The molecule has 0 amide bonds. The van der Waals surface area contributed by atoms with Crippen molar-refractivity contribution in [3.63, 3.8) is 0 Å². The van der Waals surface area contributed by atoms with Crippen molar-refractivity contribution in [2.45, 2.75) is 32.4 Å². The highest BCUT2D eigenvalue weighted by Gasteiger charge is 2.28. The van der Waals surface area contributed by atoms with Crippen LogP contribution in [-0.2, 0) is 11.3 Å². The topological polar surface area (TPSA) is 59.8 Å². The Morgan fingerprint density at radius 1 is 1.21 bits per heavy atom. The van der Waals surface area contributed by atoms with E-state index in [1.807, 2.05) is 37.3 Å². The molecule has 0 aliphatic heterocycles. The zero-order valence-electron chi connectivity index (χ0n) is 19.6. The van der Waals surface area contributed by atoms with Crippen LogP contribution in [0.2, 0.25) is 0 Å². The number of hydrogen-bond acceptors (Lipinski definition) is 5. The number of benzene rings is 2. The van der Waals surface area contributed by atoms with Crippen molar-refractivity contribution in [3.8, 4) is 17.3 Å². The van der Waals surface area contributed by atoms with E-state index in [-0.39, 0.29) is 12.4 Å². The van der Waals surface area contributed by atoms with Crippen molar-refractivity contribution in [1.29, 1.82) is 0 Å². The Balaban J connectivity index is 1.62. The first-order chi connectivity index (χ1) is 16.5. The molecule has 1 aromatic heterocycles. The molecule has 34 heavy (non-hydrogen) atoms. The molecule has 0 radical (unpaired) electrons. The Morgan fingerprint density at radius 2 is 1.94 bits per heavy atom. The van der Waals surface area contributed by atoms with Crippen molar-refractivity contribution in [3.05, 3.63) is 84.3 Å². The van der Waals surface area contributed by atoms with Gasteiger partial charge in [0, 0.05) is 19.6 Å². The molecule has 1 saturated carbocycles. The smallest absolute Gasteiger partial charge is 0.227 e. The third-order valence-electron chi connectivity index (χ3n) is 5.78. The van der Waals surface area contributed by atoms with E-state index >= 15 is 0 Å². The fourth-order valence-corrected chi connectivity index (χ4v) is 3.91. The summed E-state index contributed by atoms with van der Waals surface area (Å²) < 4.78 is 27.0. The maximum atomic E-state index is 13.5. The minimum absolute atomic E-state index is 0.258. The molecule has 0 saturated heterocycles. The number of ether oxygens (including phenoxy) is 2. The quantitative estimate of drug-likeness (QED) is 0.288. The number of aromatic nitrogens is 2. The van der Waals surface area contributed by atoms with Crippen molar-refractivity contribution < 1.29 is 19.0 Å². The first-order valence-corrected chi connectivity index (χ1v) is 11.7. The second kappa shape index (κ2) is 11.4. The van der Waals surface area contributed by atoms with Gasteiger partial charge in [0.1, 0.15) is 11.6 Å². The number of aliphatic hydroxyl groups is 1. The van der Waals surface area contributed by atoms with Gasteiger partial charge < -0.3 is 14.6 Å². The van der Waals surface area contributed by atoms with Gasteiger partial charge in [-0.15, -0.1) is 6.58 Å². The van der Waals surface area contributed by atoms with Crippen molar-refractivity contribution >= 4 is 0 Å². The summed E-state index contributed by atoms with van der Waals surface area (Å²) in [6.07, 6.45) is 3.49. The number of hydrogen-bond donors (Lipinski definition) is 1. The maximum absolute atomic E-state index is 13.5. The van der Waals surface area contributed by atoms with E-state index in [1.165, 1.54) is 25.0 Å². The van der Waals surface area contributed by atoms with E-state index in [0.29, 0.717) is 37.2 Å². The number of aryl methyl sites for hydroxylation is 1. The molecule has 3 aromatic rings. The molecule has 1 heterocycles. The van der Waals surface area contributed by atoms with Gasteiger partial charge in [-0.25, -0.2) is 9.07 Å². The zero-order valence-corrected chi connectivity index (χ0v) is 19.6. The van der Waals surface area contributed by atoms with E-state index in [9.17, 15) is 9.50 Å². The SMILES string of the molecule is C=CCOCC(O)CN(Cc1c(C)nn(-c2ccccc2)c1Oc1ccc(F)cc1)CC1CC1. The lowest BCUT2D eigenvalue weighted by Crippen LogP contribution is -2.36. The Labute approximate surface area is 200 Å². The Morgan fingerprint density at radius 3 is 2.62 bits per heavy atom. The minimum Gasteiger partial charge on any atom is -0.439 e. The monoisotopic (exact) mass is 465 g/mol. The highest BCUT2D eigenvalue weighted by Crippen LogP contribution is 2.34. The summed E-state index contributed by atoms with van der Waals surface area (Å²) in [5.74, 6) is 1.45. The number of para-hydroxylation sites is 1. The molecule has 1 aliphatic rings. The maximum Gasteiger partial charge on any atom is 0.227 e. The lowest BCUT2D eigenvalue weighted by atomic mass is 10.2. The van der Waals surface area contributed by atoms with Gasteiger partial charge in [0.25, 0.3) is 0 Å². The van der Waals surface area contributed by atoms with E-state index in [0.717, 1.165) is 23.5 Å². The fraction of sp³-hybridized carbons (Fsp3) is 0.370.